The minimum Gasteiger partial charge on any atom is -0.351 e. The molecule has 1 amide bonds. The predicted octanol–water partition coefficient (Wildman–Crippen LogP) is 2.41. The molecule has 0 bridgehead atoms. The van der Waals surface area contributed by atoms with Gasteiger partial charge in [-0.2, -0.15) is 0 Å². The van der Waals surface area contributed by atoms with Crippen molar-refractivity contribution in [3.8, 4) is 0 Å². The smallest absolute Gasteiger partial charge is 0.245 e. The van der Waals surface area contributed by atoms with E-state index in [4.69, 9.17) is 0 Å². The van der Waals surface area contributed by atoms with E-state index >= 15 is 0 Å². The number of rotatable bonds is 5. The minimum absolute atomic E-state index is 0.0284. The molecule has 1 rings (SSSR count). The first-order chi connectivity index (χ1) is 9.62. The number of aromatic nitrogens is 2. The number of nitrogens with zero attached hydrogens (tertiary/aromatic N) is 3. The van der Waals surface area contributed by atoms with E-state index in [0.717, 1.165) is 5.82 Å². The molecule has 1 N–H and O–H groups in total. The third-order valence-corrected chi connectivity index (χ3v) is 3.77. The van der Waals surface area contributed by atoms with E-state index in [0.29, 0.717) is 0 Å². The van der Waals surface area contributed by atoms with Gasteiger partial charge in [-0.3, -0.25) is 9.79 Å². The average molecular weight is 292 g/mol. The third-order valence-electron chi connectivity index (χ3n) is 3.77. The lowest BCUT2D eigenvalue weighted by Gasteiger charge is -2.29. The molecule has 0 aliphatic heterocycles. The van der Waals surface area contributed by atoms with E-state index in [1.165, 1.54) is 0 Å². The summed E-state index contributed by atoms with van der Waals surface area (Å²) in [5.74, 6) is 0.851. The van der Waals surface area contributed by atoms with Crippen LogP contribution < -0.4 is 5.32 Å². The Morgan fingerprint density at radius 3 is 2.43 bits per heavy atom. The van der Waals surface area contributed by atoms with Gasteiger partial charge < -0.3 is 9.88 Å². The zero-order chi connectivity index (χ0) is 16.2. The summed E-state index contributed by atoms with van der Waals surface area (Å²) in [5.41, 5.74) is 0.0284. The molecule has 21 heavy (non-hydrogen) atoms. The first kappa shape index (κ1) is 17.4. The number of carbonyl (C=O) groups excluding carboxylic acids is 1. The largest absolute Gasteiger partial charge is 0.351 e. The zero-order valence-corrected chi connectivity index (χ0v) is 14.2. The summed E-state index contributed by atoms with van der Waals surface area (Å²) in [7, 11) is 1.90. The minimum atomic E-state index is -0.397. The molecular weight excluding hydrogens is 264 g/mol. The lowest BCUT2D eigenvalue weighted by molar-refractivity contribution is -0.124. The maximum absolute atomic E-state index is 12.4. The number of nitrogens with one attached hydrogen (secondary N) is 1. The summed E-state index contributed by atoms with van der Waals surface area (Å²) in [5, 5.41) is 3.07. The van der Waals surface area contributed by atoms with Crippen molar-refractivity contribution in [2.24, 2.45) is 23.4 Å². The van der Waals surface area contributed by atoms with E-state index in [9.17, 15) is 4.79 Å². The summed E-state index contributed by atoms with van der Waals surface area (Å²) in [6.45, 7) is 12.4. The van der Waals surface area contributed by atoms with Crippen molar-refractivity contribution in [1.82, 2.24) is 14.9 Å². The van der Waals surface area contributed by atoms with Crippen LogP contribution in [0.25, 0.3) is 0 Å². The average Bonchev–Trinajstić information content (AvgIpc) is 2.73. The van der Waals surface area contributed by atoms with Gasteiger partial charge in [0.1, 0.15) is 11.9 Å². The van der Waals surface area contributed by atoms with Crippen LogP contribution in [0.15, 0.2) is 17.4 Å². The molecule has 0 spiro atoms. The number of hydrogen-bond donors (Lipinski definition) is 1. The van der Waals surface area contributed by atoms with Crippen molar-refractivity contribution in [3.05, 3.63) is 18.2 Å². The summed E-state index contributed by atoms with van der Waals surface area (Å²) >= 11 is 0. The molecule has 0 fully saturated rings. The number of aliphatic imine (C=N–C) groups is 1. The molecule has 118 valence electrons. The maximum atomic E-state index is 12.4. The Kier molecular flexibility index (Phi) is 5.70. The molecule has 5 nitrogen and oxygen atoms in total. The second-order valence-corrected chi connectivity index (χ2v) is 6.96. The van der Waals surface area contributed by atoms with E-state index < -0.39 is 6.04 Å². The molecule has 0 radical (unpaired) electrons. The molecule has 1 aromatic heterocycles. The van der Waals surface area contributed by atoms with Crippen molar-refractivity contribution >= 4 is 12.1 Å². The maximum Gasteiger partial charge on any atom is 0.245 e. The standard InChI is InChI=1S/C16H28N4O/c1-11(2)14(15(21)19-12(3)16(4,5)6)18-10-13-17-8-9-20(13)7/h8-12,14H,1-7H3,(H,19,21)/b18-10+/t12-,14+/m1/s1. The Balaban J connectivity index is 2.80. The van der Waals surface area contributed by atoms with Gasteiger partial charge in [-0.1, -0.05) is 34.6 Å². The Morgan fingerprint density at radius 1 is 1.38 bits per heavy atom. The van der Waals surface area contributed by atoms with Gasteiger partial charge in [0, 0.05) is 25.5 Å². The predicted molar refractivity (Wildman–Crippen MR) is 86.5 cm³/mol. The first-order valence-corrected chi connectivity index (χ1v) is 7.43. The van der Waals surface area contributed by atoms with Gasteiger partial charge in [0.2, 0.25) is 5.91 Å². The van der Waals surface area contributed by atoms with Crippen LogP contribution in [-0.2, 0) is 11.8 Å². The van der Waals surface area contributed by atoms with E-state index in [1.807, 2.05) is 38.6 Å². The number of amides is 1. The lowest BCUT2D eigenvalue weighted by Crippen LogP contribution is -2.46. The second-order valence-electron chi connectivity index (χ2n) is 6.96. The summed E-state index contributed by atoms with van der Waals surface area (Å²) < 4.78 is 1.87. The molecule has 1 heterocycles. The number of hydrogen-bond acceptors (Lipinski definition) is 3. The molecule has 1 aromatic rings. The van der Waals surface area contributed by atoms with E-state index in [-0.39, 0.29) is 23.3 Å². The van der Waals surface area contributed by atoms with Gasteiger partial charge in [0.25, 0.3) is 0 Å². The van der Waals surface area contributed by atoms with Gasteiger partial charge in [-0.25, -0.2) is 4.98 Å². The summed E-state index contributed by atoms with van der Waals surface area (Å²) in [4.78, 5) is 21.1. The monoisotopic (exact) mass is 292 g/mol. The van der Waals surface area contributed by atoms with Gasteiger partial charge in [-0.05, 0) is 18.3 Å². The molecule has 0 aliphatic carbocycles. The Morgan fingerprint density at radius 2 is 2.00 bits per heavy atom. The van der Waals surface area contributed by atoms with Crippen LogP contribution in [0.5, 0.6) is 0 Å². The third kappa shape index (κ3) is 4.99. The fourth-order valence-corrected chi connectivity index (χ4v) is 1.71. The van der Waals surface area contributed by atoms with Crippen LogP contribution in [0.3, 0.4) is 0 Å². The fourth-order valence-electron chi connectivity index (χ4n) is 1.71. The lowest BCUT2D eigenvalue weighted by atomic mass is 9.87. The van der Waals surface area contributed by atoms with Gasteiger partial charge in [0.05, 0.1) is 6.21 Å². The van der Waals surface area contributed by atoms with Gasteiger partial charge >= 0.3 is 0 Å². The quantitative estimate of drug-likeness (QED) is 0.847. The summed E-state index contributed by atoms with van der Waals surface area (Å²) in [6.07, 6.45) is 5.24. The van der Waals surface area contributed by atoms with Crippen molar-refractivity contribution < 1.29 is 4.79 Å². The number of imidazole rings is 1. The van der Waals surface area contributed by atoms with Crippen molar-refractivity contribution in [1.29, 1.82) is 0 Å². The van der Waals surface area contributed by atoms with Crippen LogP contribution >= 0.6 is 0 Å². The van der Waals surface area contributed by atoms with Crippen LogP contribution in [0.2, 0.25) is 0 Å². The Hall–Kier alpha value is -1.65. The fraction of sp³-hybridized carbons (Fsp3) is 0.688. The van der Waals surface area contributed by atoms with Crippen LogP contribution in [0, 0.1) is 11.3 Å². The molecule has 5 heteroatoms. The highest BCUT2D eigenvalue weighted by molar-refractivity contribution is 5.85. The van der Waals surface area contributed by atoms with Crippen molar-refractivity contribution in [2.75, 3.05) is 0 Å². The topological polar surface area (TPSA) is 59.3 Å². The van der Waals surface area contributed by atoms with Crippen LogP contribution in [0.4, 0.5) is 0 Å². The Labute approximate surface area is 127 Å². The number of carbonyl (C=O) groups is 1. The normalized spacial score (nSPS) is 15.4. The highest BCUT2D eigenvalue weighted by Gasteiger charge is 2.27. The first-order valence-electron chi connectivity index (χ1n) is 7.43. The molecular formula is C16H28N4O. The molecule has 2 atom stereocenters. The van der Waals surface area contributed by atoms with Gasteiger partial charge in [-0.15, -0.1) is 0 Å². The molecule has 0 saturated heterocycles. The van der Waals surface area contributed by atoms with Crippen LogP contribution in [0.1, 0.15) is 47.4 Å². The summed E-state index contributed by atoms with van der Waals surface area (Å²) in [6, 6.07) is -0.305. The Bertz CT molecular complexity index is 497. The highest BCUT2D eigenvalue weighted by Crippen LogP contribution is 2.19. The van der Waals surface area contributed by atoms with Crippen LogP contribution in [-0.4, -0.2) is 33.8 Å². The van der Waals surface area contributed by atoms with E-state index in [2.05, 4.69) is 36.1 Å². The van der Waals surface area contributed by atoms with Crippen molar-refractivity contribution in [3.63, 3.8) is 0 Å². The molecule has 0 aromatic carbocycles. The second kappa shape index (κ2) is 6.87. The molecule has 0 saturated carbocycles. The van der Waals surface area contributed by atoms with E-state index in [1.54, 1.807) is 12.4 Å². The molecule has 0 aliphatic rings. The SMILES string of the molecule is CC(C)[C@H](/N=C/c1nccn1C)C(=O)N[C@H](C)C(C)(C)C. The van der Waals surface area contributed by atoms with Gasteiger partial charge in [0.15, 0.2) is 0 Å². The highest BCUT2D eigenvalue weighted by atomic mass is 16.2. The number of aryl methyl sites for hydroxylation is 1. The van der Waals surface area contributed by atoms with Crippen molar-refractivity contribution in [2.45, 2.75) is 53.6 Å². The molecule has 0 unspecified atom stereocenters. The zero-order valence-electron chi connectivity index (χ0n) is 14.2.